The van der Waals surface area contributed by atoms with Crippen molar-refractivity contribution in [2.45, 2.75) is 38.1 Å². The van der Waals surface area contributed by atoms with Crippen molar-refractivity contribution < 1.29 is 18.0 Å². The highest BCUT2D eigenvalue weighted by Crippen LogP contribution is 2.24. The molecular weight excluding hydrogens is 474 g/mol. The SMILES string of the molecule is CCNC(=O)[C@H](C)N(CCc1ccccc1)C(=O)CN(c1ccc(C)cc1)S(=O)(=O)c1ccccc1. The van der Waals surface area contributed by atoms with Crippen LogP contribution in [0.2, 0.25) is 0 Å². The number of rotatable bonds is 11. The Kier molecular flexibility index (Phi) is 9.25. The Hall–Kier alpha value is -3.65. The summed E-state index contributed by atoms with van der Waals surface area (Å²) in [5.41, 5.74) is 2.37. The fourth-order valence-corrected chi connectivity index (χ4v) is 5.29. The highest BCUT2D eigenvalue weighted by Gasteiger charge is 2.32. The number of hydrogen-bond acceptors (Lipinski definition) is 4. The minimum atomic E-state index is -4.03. The van der Waals surface area contributed by atoms with Crippen LogP contribution >= 0.6 is 0 Å². The van der Waals surface area contributed by atoms with Crippen LogP contribution in [0.1, 0.15) is 25.0 Å². The van der Waals surface area contributed by atoms with Gasteiger partial charge in [0.1, 0.15) is 12.6 Å². The van der Waals surface area contributed by atoms with Gasteiger partial charge in [-0.15, -0.1) is 0 Å². The molecular formula is C28H33N3O4S. The number of nitrogens with zero attached hydrogens (tertiary/aromatic N) is 2. The van der Waals surface area contributed by atoms with E-state index >= 15 is 0 Å². The van der Waals surface area contributed by atoms with Crippen molar-refractivity contribution in [1.82, 2.24) is 10.2 Å². The molecule has 3 aromatic rings. The van der Waals surface area contributed by atoms with Crippen LogP contribution in [0.5, 0.6) is 0 Å². The number of carbonyl (C=O) groups excluding carboxylic acids is 2. The van der Waals surface area contributed by atoms with Gasteiger partial charge in [-0.1, -0.05) is 66.2 Å². The Morgan fingerprint density at radius 1 is 0.889 bits per heavy atom. The second kappa shape index (κ2) is 12.4. The molecule has 3 aromatic carbocycles. The number of anilines is 1. The van der Waals surface area contributed by atoms with Gasteiger partial charge in [0.2, 0.25) is 11.8 Å². The zero-order valence-electron chi connectivity index (χ0n) is 20.9. The number of hydrogen-bond donors (Lipinski definition) is 1. The van der Waals surface area contributed by atoms with Crippen molar-refractivity contribution in [3.63, 3.8) is 0 Å². The topological polar surface area (TPSA) is 86.8 Å². The summed E-state index contributed by atoms with van der Waals surface area (Å²) in [5.74, 6) is -0.739. The molecule has 0 fully saturated rings. The normalized spacial score (nSPS) is 12.0. The Morgan fingerprint density at radius 2 is 1.47 bits per heavy atom. The largest absolute Gasteiger partial charge is 0.355 e. The van der Waals surface area contributed by atoms with E-state index in [1.807, 2.05) is 44.2 Å². The molecule has 0 bridgehead atoms. The number of sulfonamides is 1. The lowest BCUT2D eigenvalue weighted by Gasteiger charge is -2.32. The molecule has 36 heavy (non-hydrogen) atoms. The molecule has 0 aliphatic heterocycles. The summed E-state index contributed by atoms with van der Waals surface area (Å²) in [6.07, 6.45) is 0.534. The molecule has 0 radical (unpaired) electrons. The maximum Gasteiger partial charge on any atom is 0.264 e. The van der Waals surface area contributed by atoms with Gasteiger partial charge in [-0.25, -0.2) is 8.42 Å². The van der Waals surface area contributed by atoms with Crippen LogP contribution in [0.25, 0.3) is 0 Å². The molecule has 0 aliphatic carbocycles. The van der Waals surface area contributed by atoms with Crippen molar-refractivity contribution in [1.29, 1.82) is 0 Å². The number of amides is 2. The maximum atomic E-state index is 13.7. The standard InChI is InChI=1S/C28H33N3O4S/c1-4-29-28(33)23(3)30(20-19-24-11-7-5-8-12-24)27(32)21-31(25-17-15-22(2)16-18-25)36(34,35)26-13-9-6-10-14-26/h5-18,23H,4,19-21H2,1-3H3,(H,29,33)/t23-/m0/s1. The molecule has 7 nitrogen and oxygen atoms in total. The van der Waals surface area contributed by atoms with Crippen LogP contribution in [-0.2, 0) is 26.0 Å². The molecule has 3 rings (SSSR count). The van der Waals surface area contributed by atoms with Gasteiger partial charge in [0.25, 0.3) is 10.0 Å². The highest BCUT2D eigenvalue weighted by molar-refractivity contribution is 7.92. The van der Waals surface area contributed by atoms with Crippen molar-refractivity contribution >= 4 is 27.5 Å². The number of likely N-dealkylation sites (N-methyl/N-ethyl adjacent to an activating group) is 1. The van der Waals surface area contributed by atoms with Crippen LogP contribution in [0.4, 0.5) is 5.69 Å². The van der Waals surface area contributed by atoms with Gasteiger partial charge in [0.15, 0.2) is 0 Å². The maximum absolute atomic E-state index is 13.7. The smallest absolute Gasteiger partial charge is 0.264 e. The van der Waals surface area contributed by atoms with Gasteiger partial charge in [-0.05, 0) is 57.0 Å². The lowest BCUT2D eigenvalue weighted by molar-refractivity contribution is -0.138. The van der Waals surface area contributed by atoms with Gasteiger partial charge in [0.05, 0.1) is 10.6 Å². The summed E-state index contributed by atoms with van der Waals surface area (Å²) in [4.78, 5) is 27.9. The number of carbonyl (C=O) groups is 2. The molecule has 1 atom stereocenters. The lowest BCUT2D eigenvalue weighted by atomic mass is 10.1. The second-order valence-electron chi connectivity index (χ2n) is 8.55. The second-order valence-corrected chi connectivity index (χ2v) is 10.4. The average molecular weight is 508 g/mol. The lowest BCUT2D eigenvalue weighted by Crippen LogP contribution is -2.52. The molecule has 0 unspecified atom stereocenters. The average Bonchev–Trinajstić information content (AvgIpc) is 2.89. The van der Waals surface area contributed by atoms with Gasteiger partial charge in [-0.3, -0.25) is 13.9 Å². The first-order valence-electron chi connectivity index (χ1n) is 12.0. The number of aryl methyl sites for hydroxylation is 1. The van der Waals surface area contributed by atoms with Crippen molar-refractivity contribution in [2.24, 2.45) is 0 Å². The summed E-state index contributed by atoms with van der Waals surface area (Å²) < 4.78 is 28.4. The Labute approximate surface area is 213 Å². The zero-order valence-corrected chi connectivity index (χ0v) is 21.7. The van der Waals surface area contributed by atoms with E-state index in [0.29, 0.717) is 18.7 Å². The molecule has 0 aromatic heterocycles. The first kappa shape index (κ1) is 26.9. The van der Waals surface area contributed by atoms with Crippen LogP contribution in [-0.4, -0.2) is 50.8 Å². The zero-order chi connectivity index (χ0) is 26.1. The van der Waals surface area contributed by atoms with Crippen LogP contribution in [0.15, 0.2) is 89.8 Å². The third-order valence-corrected chi connectivity index (χ3v) is 7.72. The van der Waals surface area contributed by atoms with E-state index in [1.165, 1.54) is 17.0 Å². The predicted molar refractivity (Wildman–Crippen MR) is 142 cm³/mol. The molecule has 0 heterocycles. The van der Waals surface area contributed by atoms with E-state index in [9.17, 15) is 18.0 Å². The van der Waals surface area contributed by atoms with E-state index in [4.69, 9.17) is 0 Å². The number of nitrogens with one attached hydrogen (secondary N) is 1. The van der Waals surface area contributed by atoms with E-state index in [1.54, 1.807) is 49.4 Å². The summed E-state index contributed by atoms with van der Waals surface area (Å²) >= 11 is 0. The monoisotopic (exact) mass is 507 g/mol. The molecule has 190 valence electrons. The number of benzene rings is 3. The molecule has 0 aliphatic rings. The van der Waals surface area contributed by atoms with E-state index in [2.05, 4.69) is 5.32 Å². The molecule has 0 spiro atoms. The van der Waals surface area contributed by atoms with E-state index in [-0.39, 0.29) is 17.3 Å². The van der Waals surface area contributed by atoms with E-state index < -0.39 is 28.5 Å². The highest BCUT2D eigenvalue weighted by atomic mass is 32.2. The molecule has 0 saturated heterocycles. The molecule has 0 saturated carbocycles. The third-order valence-electron chi connectivity index (χ3n) is 5.93. The first-order chi connectivity index (χ1) is 17.2. The predicted octanol–water partition coefficient (Wildman–Crippen LogP) is 3.79. The van der Waals surface area contributed by atoms with Gasteiger partial charge < -0.3 is 10.2 Å². The van der Waals surface area contributed by atoms with Gasteiger partial charge in [0, 0.05) is 13.1 Å². The quantitative estimate of drug-likeness (QED) is 0.428. The third kappa shape index (κ3) is 6.73. The fraction of sp³-hybridized carbons (Fsp3) is 0.286. The summed E-state index contributed by atoms with van der Waals surface area (Å²) in [6.45, 7) is 5.65. The van der Waals surface area contributed by atoms with Crippen LogP contribution in [0, 0.1) is 6.92 Å². The summed E-state index contributed by atoms with van der Waals surface area (Å²) in [5, 5.41) is 2.76. The minimum absolute atomic E-state index is 0.0889. The molecule has 1 N–H and O–H groups in total. The minimum Gasteiger partial charge on any atom is -0.355 e. The summed E-state index contributed by atoms with van der Waals surface area (Å²) in [6, 6.07) is 23.9. The van der Waals surface area contributed by atoms with E-state index in [0.717, 1.165) is 15.4 Å². The first-order valence-corrected chi connectivity index (χ1v) is 13.4. The Bertz CT molecular complexity index is 1250. The summed E-state index contributed by atoms with van der Waals surface area (Å²) in [7, 11) is -4.03. The van der Waals surface area contributed by atoms with Crippen LogP contribution in [0.3, 0.4) is 0 Å². The molecule has 8 heteroatoms. The van der Waals surface area contributed by atoms with Gasteiger partial charge >= 0.3 is 0 Å². The van der Waals surface area contributed by atoms with Crippen molar-refractivity contribution in [2.75, 3.05) is 23.9 Å². The van der Waals surface area contributed by atoms with Crippen LogP contribution < -0.4 is 9.62 Å². The Balaban J connectivity index is 1.95. The van der Waals surface area contributed by atoms with Gasteiger partial charge in [-0.2, -0.15) is 0 Å². The molecule has 2 amide bonds. The fourth-order valence-electron chi connectivity index (χ4n) is 3.85. The van der Waals surface area contributed by atoms with Crippen molar-refractivity contribution in [3.8, 4) is 0 Å². The van der Waals surface area contributed by atoms with Crippen molar-refractivity contribution in [3.05, 3.63) is 96.1 Å². The Morgan fingerprint density at radius 3 is 2.06 bits per heavy atom.